The highest BCUT2D eigenvalue weighted by Crippen LogP contribution is 2.49. The summed E-state index contributed by atoms with van der Waals surface area (Å²) in [6, 6.07) is 0. The van der Waals surface area contributed by atoms with Crippen LogP contribution in [0.5, 0.6) is 0 Å². The van der Waals surface area contributed by atoms with Crippen LogP contribution in [0.2, 0.25) is 0 Å². The second kappa shape index (κ2) is 6.06. The molecule has 0 aromatic rings. The second-order valence-electron chi connectivity index (χ2n) is 7.50. The lowest BCUT2D eigenvalue weighted by Gasteiger charge is -2.45. The summed E-state index contributed by atoms with van der Waals surface area (Å²) in [6.07, 6.45) is 3.80. The van der Waals surface area contributed by atoms with Crippen LogP contribution in [0, 0.1) is 16.7 Å². The Balaban J connectivity index is 2.52. The van der Waals surface area contributed by atoms with Crippen molar-refractivity contribution in [2.75, 3.05) is 6.61 Å². The maximum atomic E-state index is 11.9. The summed E-state index contributed by atoms with van der Waals surface area (Å²) in [5.74, 6) is 0.0412. The van der Waals surface area contributed by atoms with E-state index in [9.17, 15) is 9.59 Å². The molecule has 19 heavy (non-hydrogen) atoms. The quantitative estimate of drug-likeness (QED) is 0.563. The number of carbonyl (C=O) groups excluding carboxylic acids is 2. The third-order valence-electron chi connectivity index (χ3n) is 3.80. The average Bonchev–Trinajstić information content (AvgIpc) is 2.10. The molecule has 3 nitrogen and oxygen atoms in total. The monoisotopic (exact) mass is 268 g/mol. The van der Waals surface area contributed by atoms with Crippen LogP contribution in [0.4, 0.5) is 0 Å². The lowest BCUT2D eigenvalue weighted by atomic mass is 9.60. The van der Waals surface area contributed by atoms with Crippen molar-refractivity contribution in [2.24, 2.45) is 16.7 Å². The molecule has 0 atom stereocenters. The van der Waals surface area contributed by atoms with Gasteiger partial charge in [-0.05, 0) is 42.9 Å². The van der Waals surface area contributed by atoms with Crippen LogP contribution in [0.25, 0.3) is 0 Å². The Bertz CT molecular complexity index is 326. The zero-order chi connectivity index (χ0) is 14.7. The Hall–Kier alpha value is -0.860. The molecule has 0 aromatic carbocycles. The smallest absolute Gasteiger partial charge is 0.313 e. The molecule has 1 saturated carbocycles. The van der Waals surface area contributed by atoms with E-state index in [1.165, 1.54) is 6.42 Å². The molecular formula is C16H28O3. The summed E-state index contributed by atoms with van der Waals surface area (Å²) in [6.45, 7) is 11.2. The van der Waals surface area contributed by atoms with Crippen LogP contribution < -0.4 is 0 Å². The molecule has 0 heterocycles. The normalized spacial score (nSPS) is 21.9. The van der Waals surface area contributed by atoms with Crippen molar-refractivity contribution in [3.05, 3.63) is 0 Å². The van der Waals surface area contributed by atoms with Crippen molar-refractivity contribution in [3.63, 3.8) is 0 Å². The SMILES string of the molecule is CCOC(=O)CC(=O)CC1CC(C)(C)CC(C)(C)C1. The Morgan fingerprint density at radius 3 is 2.11 bits per heavy atom. The van der Waals surface area contributed by atoms with Gasteiger partial charge in [0.05, 0.1) is 6.61 Å². The number of ether oxygens (including phenoxy) is 1. The van der Waals surface area contributed by atoms with Crippen molar-refractivity contribution in [3.8, 4) is 0 Å². The van der Waals surface area contributed by atoms with Crippen molar-refractivity contribution in [1.82, 2.24) is 0 Å². The van der Waals surface area contributed by atoms with Crippen molar-refractivity contribution in [2.45, 2.75) is 66.7 Å². The van der Waals surface area contributed by atoms with E-state index in [-0.39, 0.29) is 29.0 Å². The van der Waals surface area contributed by atoms with Crippen LogP contribution >= 0.6 is 0 Å². The molecule has 0 spiro atoms. The summed E-state index contributed by atoms with van der Waals surface area (Å²) in [7, 11) is 0. The van der Waals surface area contributed by atoms with Gasteiger partial charge in [-0.25, -0.2) is 0 Å². The lowest BCUT2D eigenvalue weighted by molar-refractivity contribution is -0.145. The Morgan fingerprint density at radius 1 is 1.11 bits per heavy atom. The fourth-order valence-electron chi connectivity index (χ4n) is 3.99. The van der Waals surface area contributed by atoms with Crippen LogP contribution in [-0.2, 0) is 14.3 Å². The van der Waals surface area contributed by atoms with Gasteiger partial charge in [-0.2, -0.15) is 0 Å². The highest BCUT2D eigenvalue weighted by molar-refractivity contribution is 5.95. The number of hydrogen-bond acceptors (Lipinski definition) is 3. The largest absolute Gasteiger partial charge is 0.466 e. The third kappa shape index (κ3) is 5.75. The molecule has 3 heteroatoms. The van der Waals surface area contributed by atoms with Gasteiger partial charge in [0.2, 0.25) is 0 Å². The second-order valence-corrected chi connectivity index (χ2v) is 7.50. The number of esters is 1. The van der Waals surface area contributed by atoms with Gasteiger partial charge in [-0.3, -0.25) is 9.59 Å². The first-order chi connectivity index (χ1) is 8.63. The minimum Gasteiger partial charge on any atom is -0.466 e. The first-order valence-electron chi connectivity index (χ1n) is 7.31. The summed E-state index contributed by atoms with van der Waals surface area (Å²) in [5, 5.41) is 0. The van der Waals surface area contributed by atoms with E-state index in [1.54, 1.807) is 6.92 Å². The predicted octanol–water partition coefficient (Wildman–Crippen LogP) is 3.75. The molecule has 1 aliphatic carbocycles. The van der Waals surface area contributed by atoms with Crippen molar-refractivity contribution < 1.29 is 14.3 Å². The number of hydrogen-bond donors (Lipinski definition) is 0. The Morgan fingerprint density at radius 2 is 1.63 bits per heavy atom. The molecule has 0 bridgehead atoms. The Kier molecular flexibility index (Phi) is 5.17. The Labute approximate surface area is 117 Å². The van der Waals surface area contributed by atoms with Gasteiger partial charge in [0.1, 0.15) is 12.2 Å². The van der Waals surface area contributed by atoms with E-state index in [1.807, 2.05) is 0 Å². The fourth-order valence-corrected chi connectivity index (χ4v) is 3.99. The molecule has 0 aromatic heterocycles. The molecule has 0 N–H and O–H groups in total. The van der Waals surface area contributed by atoms with Crippen molar-refractivity contribution >= 4 is 11.8 Å². The van der Waals surface area contributed by atoms with Gasteiger partial charge < -0.3 is 4.74 Å². The van der Waals surface area contributed by atoms with E-state index < -0.39 is 0 Å². The molecule has 0 radical (unpaired) electrons. The van der Waals surface area contributed by atoms with Crippen LogP contribution in [-0.4, -0.2) is 18.4 Å². The van der Waals surface area contributed by atoms with E-state index in [4.69, 9.17) is 4.74 Å². The van der Waals surface area contributed by atoms with Crippen molar-refractivity contribution in [1.29, 1.82) is 0 Å². The van der Waals surface area contributed by atoms with Crippen LogP contribution in [0.3, 0.4) is 0 Å². The van der Waals surface area contributed by atoms with E-state index in [0.717, 1.165) is 12.8 Å². The molecule has 0 unspecified atom stereocenters. The van der Waals surface area contributed by atoms with Gasteiger partial charge in [0, 0.05) is 6.42 Å². The highest BCUT2D eigenvalue weighted by Gasteiger charge is 2.38. The standard InChI is InChI=1S/C16H28O3/c1-6-19-14(18)8-13(17)7-12-9-15(2,3)11-16(4,5)10-12/h12H,6-11H2,1-5H3. The maximum Gasteiger partial charge on any atom is 0.313 e. The molecule has 1 aliphatic rings. The number of ketones is 1. The van der Waals surface area contributed by atoms with E-state index >= 15 is 0 Å². The van der Waals surface area contributed by atoms with Gasteiger partial charge in [0.15, 0.2) is 0 Å². The van der Waals surface area contributed by atoms with Gasteiger partial charge in [0.25, 0.3) is 0 Å². The maximum absolute atomic E-state index is 11.9. The van der Waals surface area contributed by atoms with E-state index in [0.29, 0.717) is 18.9 Å². The number of rotatable bonds is 5. The first kappa shape index (κ1) is 16.2. The van der Waals surface area contributed by atoms with Gasteiger partial charge in [-0.15, -0.1) is 0 Å². The molecule has 0 saturated heterocycles. The molecular weight excluding hydrogens is 240 g/mol. The summed E-state index contributed by atoms with van der Waals surface area (Å²) in [4.78, 5) is 23.2. The molecule has 0 amide bonds. The third-order valence-corrected chi connectivity index (χ3v) is 3.80. The average molecular weight is 268 g/mol. The van der Waals surface area contributed by atoms with Crippen LogP contribution in [0.15, 0.2) is 0 Å². The van der Waals surface area contributed by atoms with E-state index in [2.05, 4.69) is 27.7 Å². The number of Topliss-reactive ketones (excluding diaryl/α,β-unsaturated/α-hetero) is 1. The molecule has 1 fully saturated rings. The molecule has 1 rings (SSSR count). The van der Waals surface area contributed by atoms with Gasteiger partial charge in [-0.1, -0.05) is 27.7 Å². The lowest BCUT2D eigenvalue weighted by Crippen LogP contribution is -2.34. The van der Waals surface area contributed by atoms with Crippen LogP contribution in [0.1, 0.15) is 66.7 Å². The summed E-state index contributed by atoms with van der Waals surface area (Å²) in [5.41, 5.74) is 0.577. The summed E-state index contributed by atoms with van der Waals surface area (Å²) >= 11 is 0. The highest BCUT2D eigenvalue weighted by atomic mass is 16.5. The molecule has 0 aliphatic heterocycles. The zero-order valence-corrected chi connectivity index (χ0v) is 13.0. The fraction of sp³-hybridized carbons (Fsp3) is 0.875. The van der Waals surface area contributed by atoms with Gasteiger partial charge >= 0.3 is 5.97 Å². The number of carbonyl (C=O) groups is 2. The predicted molar refractivity (Wildman–Crippen MR) is 75.8 cm³/mol. The minimum absolute atomic E-state index is 0.0250. The topological polar surface area (TPSA) is 43.4 Å². The summed E-state index contributed by atoms with van der Waals surface area (Å²) < 4.78 is 4.82. The minimum atomic E-state index is -0.387. The molecule has 110 valence electrons. The first-order valence-corrected chi connectivity index (χ1v) is 7.31. The zero-order valence-electron chi connectivity index (χ0n) is 13.0.